The van der Waals surface area contributed by atoms with Gasteiger partial charge in [0.15, 0.2) is 11.6 Å². The second kappa shape index (κ2) is 12.3. The summed E-state index contributed by atoms with van der Waals surface area (Å²) in [5, 5.41) is 4.53. The highest BCUT2D eigenvalue weighted by Gasteiger charge is 2.09. The van der Waals surface area contributed by atoms with Crippen LogP contribution in [0.4, 0.5) is 8.78 Å². The van der Waals surface area contributed by atoms with Crippen molar-refractivity contribution in [2.45, 2.75) is 39.3 Å². The first kappa shape index (κ1) is 26.2. The van der Waals surface area contributed by atoms with Gasteiger partial charge in [-0.15, -0.1) is 0 Å². The van der Waals surface area contributed by atoms with Gasteiger partial charge in [0.2, 0.25) is 5.91 Å². The van der Waals surface area contributed by atoms with Gasteiger partial charge in [0.05, 0.1) is 0 Å². The molecular weight excluding hydrogens is 472 g/mol. The van der Waals surface area contributed by atoms with Crippen molar-refractivity contribution >= 4 is 16.7 Å². The zero-order valence-corrected chi connectivity index (χ0v) is 20.4. The molecule has 1 N–H and O–H groups in total. The van der Waals surface area contributed by atoms with Gasteiger partial charge < -0.3 is 9.88 Å². The summed E-state index contributed by atoms with van der Waals surface area (Å²) < 4.78 is 38.0. The number of nitrogens with one attached hydrogen (secondary N) is 1. The van der Waals surface area contributed by atoms with E-state index < -0.39 is 28.0 Å². The van der Waals surface area contributed by atoms with Gasteiger partial charge in [-0.2, -0.15) is 0 Å². The molecule has 0 bridgehead atoms. The molecule has 0 aliphatic carbocycles. The van der Waals surface area contributed by atoms with Crippen LogP contribution in [0.1, 0.15) is 37.4 Å². The molecule has 6 nitrogen and oxygen atoms in total. The first-order valence-corrected chi connectivity index (χ1v) is 12.5. The van der Waals surface area contributed by atoms with Gasteiger partial charge in [0, 0.05) is 47.3 Å². The molecule has 3 aromatic rings. The highest BCUT2D eigenvalue weighted by Crippen LogP contribution is 2.20. The van der Waals surface area contributed by atoms with Crippen molar-refractivity contribution < 1.29 is 17.8 Å². The van der Waals surface area contributed by atoms with Gasteiger partial charge >= 0.3 is 0 Å². The van der Waals surface area contributed by atoms with Crippen molar-refractivity contribution in [2.75, 3.05) is 5.75 Å². The van der Waals surface area contributed by atoms with Crippen LogP contribution in [0.5, 0.6) is 0 Å². The van der Waals surface area contributed by atoms with Crippen LogP contribution in [0.2, 0.25) is 0 Å². The maximum atomic E-state index is 13.4. The molecule has 1 atom stereocenters. The van der Waals surface area contributed by atoms with Crippen LogP contribution in [0.15, 0.2) is 71.1 Å². The van der Waals surface area contributed by atoms with E-state index in [9.17, 15) is 22.6 Å². The fraction of sp³-hybridized carbons (Fsp3) is 0.269. The summed E-state index contributed by atoms with van der Waals surface area (Å²) >= 11 is 0. The Balaban J connectivity index is 0.000000497. The van der Waals surface area contributed by atoms with Gasteiger partial charge in [-0.1, -0.05) is 26.0 Å². The Morgan fingerprint density at radius 2 is 1.89 bits per heavy atom. The quantitative estimate of drug-likeness (QED) is 0.549. The first-order valence-electron chi connectivity index (χ1n) is 11.1. The van der Waals surface area contributed by atoms with E-state index in [1.807, 2.05) is 32.1 Å². The zero-order valence-electron chi connectivity index (χ0n) is 19.5. The summed E-state index contributed by atoms with van der Waals surface area (Å²) in [7, 11) is -0.603. The molecule has 1 aliphatic heterocycles. The Morgan fingerprint density at radius 1 is 1.11 bits per heavy atom. The molecule has 2 aromatic heterocycles. The summed E-state index contributed by atoms with van der Waals surface area (Å²) in [6, 6.07) is 10.1. The predicted molar refractivity (Wildman–Crippen MR) is 133 cm³/mol. The van der Waals surface area contributed by atoms with E-state index in [0.717, 1.165) is 35.6 Å². The summed E-state index contributed by atoms with van der Waals surface area (Å²) in [6.07, 6.45) is 6.13. The van der Waals surface area contributed by atoms with Crippen molar-refractivity contribution in [3.8, 4) is 11.1 Å². The lowest BCUT2D eigenvalue weighted by Gasteiger charge is -2.10. The number of allylic oxidation sites excluding steroid dienone is 1. The third-order valence-electron chi connectivity index (χ3n) is 5.22. The zero-order chi connectivity index (χ0) is 25.4. The molecule has 0 saturated heterocycles. The van der Waals surface area contributed by atoms with Crippen LogP contribution >= 0.6 is 0 Å². The largest absolute Gasteiger partial charge is 0.350 e. The highest BCUT2D eigenvalue weighted by molar-refractivity contribution is 7.88. The molecule has 1 aliphatic rings. The molecular formula is C26H27F2N3O3S. The number of carbonyl (C=O) groups excluding carboxylic acids is 1. The van der Waals surface area contributed by atoms with E-state index in [1.165, 1.54) is 22.9 Å². The Hall–Kier alpha value is -3.46. The molecule has 1 amide bonds. The number of carbonyl (C=O) groups is 1. The average Bonchev–Trinajstić information content (AvgIpc) is 3.32. The number of benzene rings is 1. The van der Waals surface area contributed by atoms with Crippen LogP contribution < -0.4 is 10.9 Å². The van der Waals surface area contributed by atoms with E-state index in [4.69, 9.17) is 0 Å². The monoisotopic (exact) mass is 499 g/mol. The topological polar surface area (TPSA) is 81.1 Å². The number of pyridine rings is 2. The van der Waals surface area contributed by atoms with Gasteiger partial charge in [0.25, 0.3) is 5.56 Å². The Morgan fingerprint density at radius 3 is 2.49 bits per heavy atom. The van der Waals surface area contributed by atoms with Gasteiger partial charge in [-0.05, 0) is 64.8 Å². The number of amides is 1. The normalized spacial score (nSPS) is 14.5. The van der Waals surface area contributed by atoms with Gasteiger partial charge in [0.1, 0.15) is 6.54 Å². The van der Waals surface area contributed by atoms with E-state index in [0.29, 0.717) is 17.7 Å². The van der Waals surface area contributed by atoms with Gasteiger partial charge in [-0.3, -0.25) is 18.8 Å². The number of hydrogen-bond acceptors (Lipinski definition) is 4. The third-order valence-corrected chi connectivity index (χ3v) is 6.36. The number of rotatable bonds is 6. The van der Waals surface area contributed by atoms with E-state index >= 15 is 0 Å². The van der Waals surface area contributed by atoms with Crippen LogP contribution in [0.3, 0.4) is 0 Å². The van der Waals surface area contributed by atoms with Crippen LogP contribution in [-0.4, -0.2) is 25.4 Å². The SMILES string of the molecule is CC(C)c1cc(CNC(=O)Cn2ccc(-c3ccc(F)c(F)c3)cc2=O)ccn1.O=S1C=CCC1. The molecule has 3 heterocycles. The number of nitrogens with zero attached hydrogens (tertiary/aromatic N) is 2. The van der Waals surface area contributed by atoms with Gasteiger partial charge in [-0.25, -0.2) is 8.78 Å². The molecule has 35 heavy (non-hydrogen) atoms. The first-order chi connectivity index (χ1) is 16.7. The molecule has 1 aromatic carbocycles. The van der Waals surface area contributed by atoms with Crippen molar-refractivity contribution in [1.82, 2.24) is 14.9 Å². The van der Waals surface area contributed by atoms with Crippen molar-refractivity contribution in [3.05, 3.63) is 99.6 Å². The van der Waals surface area contributed by atoms with Crippen LogP contribution in [0.25, 0.3) is 11.1 Å². The van der Waals surface area contributed by atoms with E-state index in [-0.39, 0.29) is 18.4 Å². The minimum Gasteiger partial charge on any atom is -0.350 e. The summed E-state index contributed by atoms with van der Waals surface area (Å²) in [6.45, 7) is 4.28. The molecule has 9 heteroatoms. The minimum atomic E-state index is -0.984. The molecule has 1 unspecified atom stereocenters. The fourth-order valence-corrected chi connectivity index (χ4v) is 4.11. The molecule has 4 rings (SSSR count). The Kier molecular flexibility index (Phi) is 9.19. The second-order valence-corrected chi connectivity index (χ2v) is 9.72. The third kappa shape index (κ3) is 7.78. The van der Waals surface area contributed by atoms with Crippen LogP contribution in [-0.2, 0) is 28.7 Å². The van der Waals surface area contributed by atoms with Crippen molar-refractivity contribution in [3.63, 3.8) is 0 Å². The predicted octanol–water partition coefficient (Wildman–Crippen LogP) is 4.28. The summed E-state index contributed by atoms with van der Waals surface area (Å²) in [5.41, 5.74) is 2.30. The summed E-state index contributed by atoms with van der Waals surface area (Å²) in [4.78, 5) is 28.8. The van der Waals surface area contributed by atoms with E-state index in [1.54, 1.807) is 17.7 Å². The number of aromatic nitrogens is 2. The lowest BCUT2D eigenvalue weighted by atomic mass is 10.1. The average molecular weight is 500 g/mol. The van der Waals surface area contributed by atoms with E-state index in [2.05, 4.69) is 10.3 Å². The maximum absolute atomic E-state index is 13.4. The van der Waals surface area contributed by atoms with Crippen molar-refractivity contribution in [2.24, 2.45) is 0 Å². The van der Waals surface area contributed by atoms with Crippen molar-refractivity contribution in [1.29, 1.82) is 0 Å². The summed E-state index contributed by atoms with van der Waals surface area (Å²) in [5.74, 6) is -1.11. The highest BCUT2D eigenvalue weighted by atomic mass is 32.2. The smallest absolute Gasteiger partial charge is 0.251 e. The molecule has 0 radical (unpaired) electrons. The molecule has 0 spiro atoms. The number of hydrogen-bond donors (Lipinski definition) is 1. The molecule has 0 saturated carbocycles. The maximum Gasteiger partial charge on any atom is 0.251 e. The number of halogens is 2. The Labute approximate surface area is 205 Å². The second-order valence-electron chi connectivity index (χ2n) is 8.28. The fourth-order valence-electron chi connectivity index (χ4n) is 3.25. The molecule has 184 valence electrons. The minimum absolute atomic E-state index is 0.140. The molecule has 0 fully saturated rings. The Bertz CT molecular complexity index is 1300. The standard InChI is InChI=1S/C22H21F2N3O2.C4H6OS/c1-14(2)20-9-15(5-7-25-20)12-26-21(28)13-27-8-6-17(11-22(27)29)16-3-4-18(23)19(24)10-16;5-6-3-1-2-4-6/h3-11,14H,12-13H2,1-2H3,(H,26,28);1,3H,2,4H2. The lowest BCUT2D eigenvalue weighted by Crippen LogP contribution is -2.31. The van der Waals surface area contributed by atoms with Crippen LogP contribution in [0, 0.1) is 11.6 Å². The lowest BCUT2D eigenvalue weighted by molar-refractivity contribution is -0.121.